The van der Waals surface area contributed by atoms with Crippen molar-refractivity contribution >= 4 is 5.91 Å². The molecule has 2 heterocycles. The number of hydrogen-bond donors (Lipinski definition) is 0. The molecule has 0 aromatic heterocycles. The summed E-state index contributed by atoms with van der Waals surface area (Å²) in [7, 11) is 1.71. The predicted molar refractivity (Wildman–Crippen MR) is 111 cm³/mol. The number of piperazine rings is 2. The van der Waals surface area contributed by atoms with Crippen molar-refractivity contribution in [2.75, 3.05) is 39.8 Å². The highest BCUT2D eigenvalue weighted by Gasteiger charge is 2.43. The van der Waals surface area contributed by atoms with E-state index >= 15 is 0 Å². The van der Waals surface area contributed by atoms with Crippen LogP contribution in [0, 0.1) is 5.92 Å². The van der Waals surface area contributed by atoms with Crippen LogP contribution in [0.25, 0.3) is 0 Å². The molecular weight excluding hydrogens is 350 g/mol. The first-order valence-corrected chi connectivity index (χ1v) is 10.9. The lowest BCUT2D eigenvalue weighted by Crippen LogP contribution is -2.70. The lowest BCUT2D eigenvalue weighted by atomic mass is 9.92. The molecule has 3 aliphatic rings. The molecule has 0 N–H and O–H groups in total. The van der Waals surface area contributed by atoms with E-state index in [-0.39, 0.29) is 5.54 Å². The third kappa shape index (κ3) is 4.06. The van der Waals surface area contributed by atoms with E-state index in [1.54, 1.807) is 7.11 Å². The normalized spacial score (nSPS) is 26.2. The number of rotatable bonds is 4. The van der Waals surface area contributed by atoms with Crippen LogP contribution >= 0.6 is 0 Å². The van der Waals surface area contributed by atoms with E-state index < -0.39 is 0 Å². The largest absolute Gasteiger partial charge is 0.497 e. The molecular formula is C23H35N3O2. The van der Waals surface area contributed by atoms with Crippen molar-refractivity contribution in [3.8, 4) is 5.75 Å². The van der Waals surface area contributed by atoms with Gasteiger partial charge in [0.1, 0.15) is 5.75 Å². The summed E-state index contributed by atoms with van der Waals surface area (Å²) in [6.07, 6.45) is 4.64. The summed E-state index contributed by atoms with van der Waals surface area (Å²) in [6.45, 7) is 10.5. The number of ether oxygens (including phenoxy) is 1. The quantitative estimate of drug-likeness (QED) is 0.798. The fraction of sp³-hybridized carbons (Fsp3) is 0.696. The van der Waals surface area contributed by atoms with E-state index in [1.807, 2.05) is 12.1 Å². The van der Waals surface area contributed by atoms with Crippen molar-refractivity contribution in [3.63, 3.8) is 0 Å². The molecule has 0 bridgehead atoms. The molecule has 0 spiro atoms. The minimum atomic E-state index is 0.137. The van der Waals surface area contributed by atoms with Crippen molar-refractivity contribution in [3.05, 3.63) is 29.8 Å². The predicted octanol–water partition coefficient (Wildman–Crippen LogP) is 2.99. The second-order valence-corrected chi connectivity index (χ2v) is 9.44. The number of methoxy groups -OCH3 is 1. The summed E-state index contributed by atoms with van der Waals surface area (Å²) in [5, 5.41) is 0. The fourth-order valence-electron chi connectivity index (χ4n) is 5.55. The van der Waals surface area contributed by atoms with Crippen LogP contribution in [0.1, 0.15) is 45.1 Å². The second kappa shape index (κ2) is 8.03. The van der Waals surface area contributed by atoms with Crippen LogP contribution in [0.4, 0.5) is 0 Å². The van der Waals surface area contributed by atoms with Crippen LogP contribution in [-0.2, 0) is 11.3 Å². The van der Waals surface area contributed by atoms with Crippen molar-refractivity contribution < 1.29 is 9.53 Å². The van der Waals surface area contributed by atoms with Gasteiger partial charge in [0.15, 0.2) is 0 Å². The van der Waals surface area contributed by atoms with Crippen LogP contribution < -0.4 is 4.74 Å². The van der Waals surface area contributed by atoms with E-state index in [0.29, 0.717) is 17.9 Å². The Hall–Kier alpha value is -1.59. The van der Waals surface area contributed by atoms with Crippen molar-refractivity contribution in [2.45, 2.75) is 57.7 Å². The average Bonchev–Trinajstić information content (AvgIpc) is 3.22. The highest BCUT2D eigenvalue weighted by atomic mass is 16.5. The molecule has 0 unspecified atom stereocenters. The van der Waals surface area contributed by atoms with Crippen LogP contribution in [-0.4, -0.2) is 72.0 Å². The number of nitrogens with zero attached hydrogens (tertiary/aromatic N) is 3. The van der Waals surface area contributed by atoms with Gasteiger partial charge in [-0.2, -0.15) is 0 Å². The molecule has 5 nitrogen and oxygen atoms in total. The first kappa shape index (κ1) is 19.7. The van der Waals surface area contributed by atoms with Crippen molar-refractivity contribution in [1.29, 1.82) is 0 Å². The van der Waals surface area contributed by atoms with Gasteiger partial charge in [-0.05, 0) is 44.4 Å². The highest BCUT2D eigenvalue weighted by Crippen LogP contribution is 2.32. The van der Waals surface area contributed by atoms with E-state index in [2.05, 4.69) is 40.7 Å². The molecule has 2 aliphatic heterocycles. The van der Waals surface area contributed by atoms with Gasteiger partial charge in [0.05, 0.1) is 7.11 Å². The lowest BCUT2D eigenvalue weighted by Gasteiger charge is -2.55. The van der Waals surface area contributed by atoms with Crippen molar-refractivity contribution in [1.82, 2.24) is 14.7 Å². The molecule has 1 aromatic carbocycles. The Labute approximate surface area is 169 Å². The average molecular weight is 386 g/mol. The Morgan fingerprint density at radius 3 is 2.50 bits per heavy atom. The first-order valence-electron chi connectivity index (χ1n) is 10.9. The Morgan fingerprint density at radius 1 is 1.11 bits per heavy atom. The number of benzene rings is 1. The molecule has 3 fully saturated rings. The minimum absolute atomic E-state index is 0.137. The Kier molecular flexibility index (Phi) is 5.66. The van der Waals surface area contributed by atoms with Gasteiger partial charge in [-0.15, -0.1) is 0 Å². The Morgan fingerprint density at radius 2 is 1.82 bits per heavy atom. The third-order valence-electron chi connectivity index (χ3n) is 6.92. The van der Waals surface area contributed by atoms with Crippen molar-refractivity contribution in [2.24, 2.45) is 5.92 Å². The van der Waals surface area contributed by atoms with Gasteiger partial charge in [-0.1, -0.05) is 25.0 Å². The van der Waals surface area contributed by atoms with Crippen LogP contribution in [0.2, 0.25) is 0 Å². The van der Waals surface area contributed by atoms with Gasteiger partial charge in [0.2, 0.25) is 5.91 Å². The van der Waals surface area contributed by atoms with Crippen LogP contribution in [0.3, 0.4) is 0 Å². The summed E-state index contributed by atoms with van der Waals surface area (Å²) in [5.41, 5.74) is 1.46. The zero-order chi connectivity index (χ0) is 19.7. The van der Waals surface area contributed by atoms with Gasteiger partial charge >= 0.3 is 0 Å². The number of fused-ring (bicyclic) bond motifs is 1. The lowest BCUT2D eigenvalue weighted by molar-refractivity contribution is -0.143. The third-order valence-corrected chi connectivity index (χ3v) is 6.92. The van der Waals surface area contributed by atoms with E-state index in [4.69, 9.17) is 4.74 Å². The molecule has 1 aliphatic carbocycles. The SMILES string of the molecule is COc1ccc(CN2C[C@@H]3CN(C(=O)C4CCCC4)CCN3C(C)(C)C2)cc1. The summed E-state index contributed by atoms with van der Waals surface area (Å²) in [6, 6.07) is 8.84. The van der Waals surface area contributed by atoms with Gasteiger partial charge < -0.3 is 9.64 Å². The van der Waals surface area contributed by atoms with Gasteiger partial charge in [0, 0.05) is 56.8 Å². The molecule has 154 valence electrons. The fourth-order valence-corrected chi connectivity index (χ4v) is 5.55. The number of carbonyl (C=O) groups is 1. The summed E-state index contributed by atoms with van der Waals surface area (Å²) in [5.74, 6) is 1.61. The minimum Gasteiger partial charge on any atom is -0.497 e. The summed E-state index contributed by atoms with van der Waals surface area (Å²) >= 11 is 0. The maximum Gasteiger partial charge on any atom is 0.225 e. The molecule has 1 amide bonds. The molecule has 1 aromatic rings. The first-order chi connectivity index (χ1) is 13.5. The van der Waals surface area contributed by atoms with E-state index in [9.17, 15) is 4.79 Å². The maximum atomic E-state index is 13.0. The van der Waals surface area contributed by atoms with Gasteiger partial charge in [-0.3, -0.25) is 14.6 Å². The number of hydrogen-bond acceptors (Lipinski definition) is 4. The van der Waals surface area contributed by atoms with E-state index in [1.165, 1.54) is 18.4 Å². The molecule has 5 heteroatoms. The van der Waals surface area contributed by atoms with Crippen LogP contribution in [0.15, 0.2) is 24.3 Å². The zero-order valence-electron chi connectivity index (χ0n) is 17.7. The van der Waals surface area contributed by atoms with Gasteiger partial charge in [-0.25, -0.2) is 0 Å². The maximum absolute atomic E-state index is 13.0. The smallest absolute Gasteiger partial charge is 0.225 e. The number of amides is 1. The summed E-state index contributed by atoms with van der Waals surface area (Å²) < 4.78 is 5.28. The summed E-state index contributed by atoms with van der Waals surface area (Å²) in [4.78, 5) is 20.3. The van der Waals surface area contributed by atoms with E-state index in [0.717, 1.165) is 57.9 Å². The molecule has 1 atom stereocenters. The monoisotopic (exact) mass is 385 g/mol. The molecule has 1 saturated carbocycles. The molecule has 4 rings (SSSR count). The standard InChI is InChI=1S/C23H35N3O2/c1-23(2)17-24(14-18-8-10-21(28-3)11-9-18)15-20-16-25(12-13-26(20)23)22(27)19-6-4-5-7-19/h8-11,19-20H,4-7,12-17H2,1-3H3/t20-/m1/s1. The van der Waals surface area contributed by atoms with Gasteiger partial charge in [0.25, 0.3) is 0 Å². The second-order valence-electron chi connectivity index (χ2n) is 9.44. The number of carbonyl (C=O) groups excluding carboxylic acids is 1. The topological polar surface area (TPSA) is 36.0 Å². The highest BCUT2D eigenvalue weighted by molar-refractivity contribution is 5.79. The Balaban J connectivity index is 1.42. The molecule has 2 saturated heterocycles. The Bertz CT molecular complexity index is 682. The van der Waals surface area contributed by atoms with Crippen LogP contribution in [0.5, 0.6) is 5.75 Å². The molecule has 0 radical (unpaired) electrons. The molecule has 28 heavy (non-hydrogen) atoms. The zero-order valence-corrected chi connectivity index (χ0v) is 17.7.